The molecular weight excluding hydrogens is 321 g/mol. The Labute approximate surface area is 138 Å². The van der Waals surface area contributed by atoms with Crippen molar-refractivity contribution in [1.82, 2.24) is 0 Å². The van der Waals surface area contributed by atoms with Gasteiger partial charge in [0, 0.05) is 12.1 Å². The lowest BCUT2D eigenvalue weighted by atomic mass is 10.1. The lowest BCUT2D eigenvalue weighted by molar-refractivity contribution is -0.116. The number of anilines is 1. The lowest BCUT2D eigenvalue weighted by Gasteiger charge is -2.08. The molecule has 0 aliphatic rings. The Morgan fingerprint density at radius 1 is 1.22 bits per heavy atom. The quantitative estimate of drug-likeness (QED) is 0.845. The summed E-state index contributed by atoms with van der Waals surface area (Å²) in [5, 5.41) is 2.92. The first-order valence-corrected chi connectivity index (χ1v) is 7.29. The van der Waals surface area contributed by atoms with Crippen LogP contribution in [-0.4, -0.2) is 19.0 Å². The standard InChI is InChI=1S/C17H15ClFNO3/c1-23-17(22)14-10-13(6-7-15(14)18)20-16(21)8-5-11-3-2-4-12(19)9-11/h2-4,6-7,9-10H,5,8H2,1H3,(H,20,21). The molecule has 0 unspecified atom stereocenters. The number of ether oxygens (including phenoxy) is 1. The highest BCUT2D eigenvalue weighted by Gasteiger charge is 2.12. The Kier molecular flexibility index (Phi) is 5.71. The summed E-state index contributed by atoms with van der Waals surface area (Å²) in [5.41, 5.74) is 1.36. The number of carbonyl (C=O) groups is 2. The van der Waals surface area contributed by atoms with E-state index in [9.17, 15) is 14.0 Å². The van der Waals surface area contributed by atoms with E-state index in [-0.39, 0.29) is 28.7 Å². The van der Waals surface area contributed by atoms with Crippen LogP contribution in [-0.2, 0) is 16.0 Å². The summed E-state index contributed by atoms with van der Waals surface area (Å²) in [6.45, 7) is 0. The van der Waals surface area contributed by atoms with Crippen molar-refractivity contribution in [2.24, 2.45) is 0 Å². The maximum atomic E-state index is 13.1. The molecule has 0 atom stereocenters. The monoisotopic (exact) mass is 335 g/mol. The minimum absolute atomic E-state index is 0.178. The average molecular weight is 336 g/mol. The smallest absolute Gasteiger partial charge is 0.339 e. The number of halogens is 2. The lowest BCUT2D eigenvalue weighted by Crippen LogP contribution is -2.13. The summed E-state index contributed by atoms with van der Waals surface area (Å²) >= 11 is 5.91. The van der Waals surface area contributed by atoms with Gasteiger partial charge in [-0.25, -0.2) is 9.18 Å². The zero-order chi connectivity index (χ0) is 16.8. The Morgan fingerprint density at radius 2 is 2.00 bits per heavy atom. The number of methoxy groups -OCH3 is 1. The van der Waals surface area contributed by atoms with Gasteiger partial charge >= 0.3 is 5.97 Å². The van der Waals surface area contributed by atoms with Gasteiger partial charge in [0.25, 0.3) is 0 Å². The maximum absolute atomic E-state index is 13.1. The number of rotatable bonds is 5. The molecule has 0 fully saturated rings. The van der Waals surface area contributed by atoms with Crippen molar-refractivity contribution >= 4 is 29.2 Å². The van der Waals surface area contributed by atoms with Crippen molar-refractivity contribution in [1.29, 1.82) is 0 Å². The summed E-state index contributed by atoms with van der Waals surface area (Å²) in [6, 6.07) is 10.7. The molecule has 120 valence electrons. The molecule has 0 aliphatic carbocycles. The highest BCUT2D eigenvalue weighted by atomic mass is 35.5. The van der Waals surface area contributed by atoms with Gasteiger partial charge in [-0.3, -0.25) is 4.79 Å². The Bertz CT molecular complexity index is 734. The number of nitrogens with one attached hydrogen (secondary N) is 1. The largest absolute Gasteiger partial charge is 0.465 e. The molecule has 0 radical (unpaired) electrons. The first-order chi connectivity index (χ1) is 11.0. The van der Waals surface area contributed by atoms with Crippen molar-refractivity contribution in [3.05, 3.63) is 64.4 Å². The zero-order valence-electron chi connectivity index (χ0n) is 12.4. The van der Waals surface area contributed by atoms with Gasteiger partial charge in [0.05, 0.1) is 17.7 Å². The third-order valence-corrected chi connectivity index (χ3v) is 3.51. The first-order valence-electron chi connectivity index (χ1n) is 6.92. The highest BCUT2D eigenvalue weighted by Crippen LogP contribution is 2.21. The van der Waals surface area contributed by atoms with E-state index in [0.717, 1.165) is 5.56 Å². The topological polar surface area (TPSA) is 55.4 Å². The number of benzene rings is 2. The van der Waals surface area contributed by atoms with Crippen LogP contribution in [0.25, 0.3) is 0 Å². The molecule has 0 saturated carbocycles. The molecule has 6 heteroatoms. The predicted molar refractivity (Wildman–Crippen MR) is 86.1 cm³/mol. The third-order valence-electron chi connectivity index (χ3n) is 3.19. The van der Waals surface area contributed by atoms with Gasteiger partial charge in [0.2, 0.25) is 5.91 Å². The molecule has 4 nitrogen and oxygen atoms in total. The summed E-state index contributed by atoms with van der Waals surface area (Å²) in [5.74, 6) is -1.15. The van der Waals surface area contributed by atoms with Gasteiger partial charge in [-0.2, -0.15) is 0 Å². The molecule has 0 heterocycles. The van der Waals surface area contributed by atoms with Crippen molar-refractivity contribution in [2.75, 3.05) is 12.4 Å². The Hall–Kier alpha value is -2.40. The zero-order valence-corrected chi connectivity index (χ0v) is 13.2. The van der Waals surface area contributed by atoms with Crippen molar-refractivity contribution in [3.8, 4) is 0 Å². The molecule has 1 N–H and O–H groups in total. The van der Waals surface area contributed by atoms with Gasteiger partial charge in [-0.1, -0.05) is 23.7 Å². The molecule has 23 heavy (non-hydrogen) atoms. The number of aryl methyl sites for hydroxylation is 1. The summed E-state index contributed by atoms with van der Waals surface area (Å²) < 4.78 is 17.7. The van der Waals surface area contributed by atoms with Gasteiger partial charge < -0.3 is 10.1 Å². The molecule has 0 bridgehead atoms. The van der Waals surface area contributed by atoms with Crippen molar-refractivity contribution in [2.45, 2.75) is 12.8 Å². The summed E-state index contributed by atoms with van der Waals surface area (Å²) in [7, 11) is 1.25. The summed E-state index contributed by atoms with van der Waals surface area (Å²) in [6.07, 6.45) is 0.612. The molecular formula is C17H15ClFNO3. The van der Waals surface area contributed by atoms with Gasteiger partial charge in [0.15, 0.2) is 0 Å². The van der Waals surface area contributed by atoms with Crippen LogP contribution in [0.5, 0.6) is 0 Å². The number of esters is 1. The molecule has 2 aromatic carbocycles. The minimum atomic E-state index is -0.578. The van der Waals surface area contributed by atoms with Crippen LogP contribution in [0.4, 0.5) is 10.1 Å². The molecule has 0 aliphatic heterocycles. The number of carbonyl (C=O) groups excluding carboxylic acids is 2. The second-order valence-electron chi connectivity index (χ2n) is 4.86. The van der Waals surface area contributed by atoms with E-state index in [2.05, 4.69) is 10.1 Å². The van der Waals surface area contributed by atoms with E-state index in [1.807, 2.05) is 0 Å². The van der Waals surface area contributed by atoms with E-state index in [1.54, 1.807) is 18.2 Å². The van der Waals surface area contributed by atoms with Crippen molar-refractivity contribution < 1.29 is 18.7 Å². The number of hydrogen-bond donors (Lipinski definition) is 1. The molecule has 0 spiro atoms. The van der Waals surface area contributed by atoms with Crippen molar-refractivity contribution in [3.63, 3.8) is 0 Å². The van der Waals surface area contributed by atoms with Crippen LogP contribution in [0, 0.1) is 5.82 Å². The summed E-state index contributed by atoms with van der Waals surface area (Å²) in [4.78, 5) is 23.5. The van der Waals surface area contributed by atoms with Crippen LogP contribution in [0.2, 0.25) is 5.02 Å². The Balaban J connectivity index is 1.99. The fourth-order valence-corrected chi connectivity index (χ4v) is 2.24. The molecule has 2 rings (SSSR count). The molecule has 2 aromatic rings. The van der Waals surface area contributed by atoms with Crippen LogP contribution in [0.15, 0.2) is 42.5 Å². The second-order valence-corrected chi connectivity index (χ2v) is 5.27. The number of hydrogen-bond acceptors (Lipinski definition) is 3. The van der Waals surface area contributed by atoms with Crippen LogP contribution < -0.4 is 5.32 Å². The SMILES string of the molecule is COC(=O)c1cc(NC(=O)CCc2cccc(F)c2)ccc1Cl. The van der Waals surface area contributed by atoms with E-state index < -0.39 is 5.97 Å². The van der Waals surface area contributed by atoms with Gasteiger partial charge in [-0.05, 0) is 42.3 Å². The highest BCUT2D eigenvalue weighted by molar-refractivity contribution is 6.33. The van der Waals surface area contributed by atoms with Gasteiger partial charge in [0.1, 0.15) is 5.82 Å². The first kappa shape index (κ1) is 17.0. The van der Waals surface area contributed by atoms with E-state index in [0.29, 0.717) is 12.1 Å². The number of amides is 1. The van der Waals surface area contributed by atoms with E-state index >= 15 is 0 Å². The van der Waals surface area contributed by atoms with E-state index in [4.69, 9.17) is 11.6 Å². The minimum Gasteiger partial charge on any atom is -0.465 e. The Morgan fingerprint density at radius 3 is 2.70 bits per heavy atom. The normalized spacial score (nSPS) is 10.2. The fraction of sp³-hybridized carbons (Fsp3) is 0.176. The molecule has 0 saturated heterocycles. The average Bonchev–Trinajstić information content (AvgIpc) is 2.54. The third kappa shape index (κ3) is 4.79. The maximum Gasteiger partial charge on any atom is 0.339 e. The molecule has 0 aromatic heterocycles. The van der Waals surface area contributed by atoms with Crippen LogP contribution >= 0.6 is 11.6 Å². The second kappa shape index (κ2) is 7.74. The van der Waals surface area contributed by atoms with Crippen LogP contribution in [0.3, 0.4) is 0 Å². The predicted octanol–water partition coefficient (Wildman–Crippen LogP) is 3.84. The van der Waals surface area contributed by atoms with Gasteiger partial charge in [-0.15, -0.1) is 0 Å². The van der Waals surface area contributed by atoms with Crippen LogP contribution in [0.1, 0.15) is 22.3 Å². The van der Waals surface area contributed by atoms with E-state index in [1.165, 1.54) is 31.4 Å². The molecule has 1 amide bonds. The fourth-order valence-electron chi connectivity index (χ4n) is 2.04.